The Hall–Kier alpha value is -1.88. The van der Waals surface area contributed by atoms with Gasteiger partial charge < -0.3 is 16.0 Å². The third-order valence-electron chi connectivity index (χ3n) is 2.66. The number of hydrogen-bond donors (Lipinski definition) is 3. The van der Waals surface area contributed by atoms with Crippen molar-refractivity contribution < 1.29 is 9.59 Å². The highest BCUT2D eigenvalue weighted by atomic mass is 16.2. The highest BCUT2D eigenvalue weighted by Crippen LogP contribution is 2.20. The lowest BCUT2D eigenvalue weighted by Gasteiger charge is -2.10. The normalized spacial score (nSPS) is 10.1. The predicted molar refractivity (Wildman–Crippen MR) is 77.3 cm³/mol. The number of rotatable bonds is 6. The Morgan fingerprint density at radius 1 is 1.21 bits per heavy atom. The van der Waals surface area contributed by atoms with Crippen LogP contribution in [0.4, 0.5) is 11.4 Å². The SMILES string of the molecule is CNCCCC(=O)Nc1ccc(C)c(NC(C)=O)c1. The number of benzene rings is 1. The Kier molecular flexibility index (Phi) is 6.02. The van der Waals surface area contributed by atoms with Crippen LogP contribution < -0.4 is 16.0 Å². The second kappa shape index (κ2) is 7.53. The van der Waals surface area contributed by atoms with Gasteiger partial charge in [-0.3, -0.25) is 9.59 Å². The van der Waals surface area contributed by atoms with Gasteiger partial charge in [0.2, 0.25) is 11.8 Å². The zero-order chi connectivity index (χ0) is 14.3. The molecule has 0 atom stereocenters. The van der Waals surface area contributed by atoms with E-state index >= 15 is 0 Å². The van der Waals surface area contributed by atoms with Gasteiger partial charge in [0.25, 0.3) is 0 Å². The summed E-state index contributed by atoms with van der Waals surface area (Å²) in [5.41, 5.74) is 2.38. The van der Waals surface area contributed by atoms with Crippen molar-refractivity contribution in [3.05, 3.63) is 23.8 Å². The molecule has 0 aliphatic carbocycles. The zero-order valence-corrected chi connectivity index (χ0v) is 11.7. The Labute approximate surface area is 113 Å². The van der Waals surface area contributed by atoms with E-state index in [1.165, 1.54) is 6.92 Å². The second-order valence-electron chi connectivity index (χ2n) is 4.47. The maximum atomic E-state index is 11.7. The highest BCUT2D eigenvalue weighted by Gasteiger charge is 2.05. The first-order chi connectivity index (χ1) is 9.02. The summed E-state index contributed by atoms with van der Waals surface area (Å²) >= 11 is 0. The Morgan fingerprint density at radius 2 is 1.95 bits per heavy atom. The van der Waals surface area contributed by atoms with Crippen molar-refractivity contribution in [2.24, 2.45) is 0 Å². The van der Waals surface area contributed by atoms with Crippen LogP contribution in [0.2, 0.25) is 0 Å². The van der Waals surface area contributed by atoms with Crippen molar-refractivity contribution in [3.63, 3.8) is 0 Å². The molecule has 5 nitrogen and oxygen atoms in total. The Balaban J connectivity index is 2.63. The summed E-state index contributed by atoms with van der Waals surface area (Å²) in [6.45, 7) is 4.19. The average Bonchev–Trinajstić information content (AvgIpc) is 2.33. The van der Waals surface area contributed by atoms with Crippen molar-refractivity contribution >= 4 is 23.2 Å². The number of nitrogens with one attached hydrogen (secondary N) is 3. The van der Waals surface area contributed by atoms with Gasteiger partial charge in [-0.2, -0.15) is 0 Å². The standard InChI is InChI=1S/C14H21N3O2/c1-10-6-7-12(9-13(10)16-11(2)18)17-14(19)5-4-8-15-3/h6-7,9,15H,4-5,8H2,1-3H3,(H,16,18)(H,17,19). The lowest BCUT2D eigenvalue weighted by atomic mass is 10.1. The second-order valence-corrected chi connectivity index (χ2v) is 4.47. The molecular formula is C14H21N3O2. The fourth-order valence-electron chi connectivity index (χ4n) is 1.67. The van der Waals surface area contributed by atoms with E-state index in [9.17, 15) is 9.59 Å². The van der Waals surface area contributed by atoms with Crippen LogP contribution in [0.1, 0.15) is 25.3 Å². The number of anilines is 2. The number of carbonyl (C=O) groups is 2. The van der Waals surface area contributed by atoms with Crippen molar-refractivity contribution in [3.8, 4) is 0 Å². The molecule has 0 unspecified atom stereocenters. The van der Waals surface area contributed by atoms with Crippen LogP contribution in [-0.4, -0.2) is 25.4 Å². The van der Waals surface area contributed by atoms with Gasteiger partial charge in [-0.15, -0.1) is 0 Å². The number of hydrogen-bond acceptors (Lipinski definition) is 3. The van der Waals surface area contributed by atoms with Crippen molar-refractivity contribution in [2.75, 3.05) is 24.2 Å². The molecule has 3 N–H and O–H groups in total. The van der Waals surface area contributed by atoms with Gasteiger partial charge in [-0.1, -0.05) is 6.07 Å². The van der Waals surface area contributed by atoms with Crippen LogP contribution >= 0.6 is 0 Å². The van der Waals surface area contributed by atoms with Crippen molar-refractivity contribution in [2.45, 2.75) is 26.7 Å². The van der Waals surface area contributed by atoms with Gasteiger partial charge in [0.1, 0.15) is 0 Å². The van der Waals surface area contributed by atoms with E-state index in [0.717, 1.165) is 24.2 Å². The average molecular weight is 263 g/mol. The molecule has 0 fully saturated rings. The summed E-state index contributed by atoms with van der Waals surface area (Å²) < 4.78 is 0. The van der Waals surface area contributed by atoms with Crippen LogP contribution in [0.25, 0.3) is 0 Å². The summed E-state index contributed by atoms with van der Waals surface area (Å²) in [6, 6.07) is 5.47. The zero-order valence-electron chi connectivity index (χ0n) is 11.7. The van der Waals surface area contributed by atoms with Gasteiger partial charge in [0.15, 0.2) is 0 Å². The maximum absolute atomic E-state index is 11.7. The molecule has 0 spiro atoms. The molecule has 1 rings (SSSR count). The highest BCUT2D eigenvalue weighted by molar-refractivity contribution is 5.93. The number of carbonyl (C=O) groups excluding carboxylic acids is 2. The molecule has 0 saturated carbocycles. The fourth-order valence-corrected chi connectivity index (χ4v) is 1.67. The van der Waals surface area contributed by atoms with Crippen LogP contribution in [0.15, 0.2) is 18.2 Å². The van der Waals surface area contributed by atoms with E-state index in [0.29, 0.717) is 12.1 Å². The number of amides is 2. The molecule has 1 aromatic carbocycles. The Bertz CT molecular complexity index is 458. The van der Waals surface area contributed by atoms with Gasteiger partial charge in [0, 0.05) is 24.7 Å². The fraction of sp³-hybridized carbons (Fsp3) is 0.429. The predicted octanol–water partition coefficient (Wildman–Crippen LogP) is 1.89. The topological polar surface area (TPSA) is 70.2 Å². The maximum Gasteiger partial charge on any atom is 0.224 e. The summed E-state index contributed by atoms with van der Waals surface area (Å²) in [5.74, 6) is -0.145. The molecule has 0 radical (unpaired) electrons. The summed E-state index contributed by atoms with van der Waals surface area (Å²) in [4.78, 5) is 22.7. The van der Waals surface area contributed by atoms with E-state index in [-0.39, 0.29) is 11.8 Å². The molecule has 2 amide bonds. The molecule has 104 valence electrons. The molecule has 0 heterocycles. The molecule has 19 heavy (non-hydrogen) atoms. The molecule has 0 aliphatic heterocycles. The minimum absolute atomic E-state index is 0.0205. The van der Waals surface area contributed by atoms with E-state index < -0.39 is 0 Å². The van der Waals surface area contributed by atoms with Crippen LogP contribution in [-0.2, 0) is 9.59 Å². The van der Waals surface area contributed by atoms with Crippen LogP contribution in [0, 0.1) is 6.92 Å². The van der Waals surface area contributed by atoms with E-state index in [4.69, 9.17) is 0 Å². The minimum Gasteiger partial charge on any atom is -0.326 e. The van der Waals surface area contributed by atoms with Gasteiger partial charge in [-0.05, 0) is 44.6 Å². The molecule has 5 heteroatoms. The lowest BCUT2D eigenvalue weighted by molar-refractivity contribution is -0.116. The molecule has 0 bridgehead atoms. The quantitative estimate of drug-likeness (QED) is 0.686. The van der Waals surface area contributed by atoms with Crippen molar-refractivity contribution in [1.82, 2.24) is 5.32 Å². The molecular weight excluding hydrogens is 242 g/mol. The third kappa shape index (κ3) is 5.52. The Morgan fingerprint density at radius 3 is 2.58 bits per heavy atom. The summed E-state index contributed by atoms with van der Waals surface area (Å²) in [5, 5.41) is 8.56. The number of aryl methyl sites for hydroxylation is 1. The van der Waals surface area contributed by atoms with Gasteiger partial charge in [0.05, 0.1) is 0 Å². The molecule has 0 saturated heterocycles. The summed E-state index contributed by atoms with van der Waals surface area (Å²) in [7, 11) is 1.86. The lowest BCUT2D eigenvalue weighted by Crippen LogP contribution is -2.15. The molecule has 0 aromatic heterocycles. The van der Waals surface area contributed by atoms with Gasteiger partial charge >= 0.3 is 0 Å². The largest absolute Gasteiger partial charge is 0.326 e. The van der Waals surface area contributed by atoms with E-state index in [2.05, 4.69) is 16.0 Å². The first-order valence-corrected chi connectivity index (χ1v) is 6.35. The monoisotopic (exact) mass is 263 g/mol. The van der Waals surface area contributed by atoms with Crippen LogP contribution in [0.3, 0.4) is 0 Å². The van der Waals surface area contributed by atoms with Crippen LogP contribution in [0.5, 0.6) is 0 Å². The third-order valence-corrected chi connectivity index (χ3v) is 2.66. The summed E-state index contributed by atoms with van der Waals surface area (Å²) in [6.07, 6.45) is 1.27. The molecule has 1 aromatic rings. The first kappa shape index (κ1) is 15.2. The van der Waals surface area contributed by atoms with Crippen molar-refractivity contribution in [1.29, 1.82) is 0 Å². The smallest absolute Gasteiger partial charge is 0.224 e. The first-order valence-electron chi connectivity index (χ1n) is 6.35. The van der Waals surface area contributed by atoms with E-state index in [1.807, 2.05) is 26.1 Å². The van der Waals surface area contributed by atoms with Gasteiger partial charge in [-0.25, -0.2) is 0 Å². The minimum atomic E-state index is -0.124. The molecule has 0 aliphatic rings. The van der Waals surface area contributed by atoms with E-state index in [1.54, 1.807) is 6.07 Å².